The molecule has 0 radical (unpaired) electrons. The molecule has 1 unspecified atom stereocenters. The van der Waals surface area contributed by atoms with E-state index in [-0.39, 0.29) is 11.5 Å². The van der Waals surface area contributed by atoms with Crippen LogP contribution in [0.25, 0.3) is 11.3 Å². The number of nitrogens with zero attached hydrogens (tertiary/aromatic N) is 3. The highest BCUT2D eigenvalue weighted by Crippen LogP contribution is 2.17. The fraction of sp³-hybridized carbons (Fsp3) is 0.143. The van der Waals surface area contributed by atoms with E-state index in [0.717, 1.165) is 11.1 Å². The summed E-state index contributed by atoms with van der Waals surface area (Å²) in [5, 5.41) is 15.9. The van der Waals surface area contributed by atoms with E-state index in [2.05, 4.69) is 10.4 Å². The first-order valence-electron chi connectivity index (χ1n) is 8.46. The predicted molar refractivity (Wildman–Crippen MR) is 103 cm³/mol. The summed E-state index contributed by atoms with van der Waals surface area (Å²) in [7, 11) is 0. The highest BCUT2D eigenvalue weighted by atomic mass is 16.2. The van der Waals surface area contributed by atoms with Gasteiger partial charge in [0.25, 0.3) is 5.56 Å². The SMILES string of the molecule is Cc1ccc(-c2ccc(=O)n(C(C)C(=O)Nc3ccc(C#N)cc3)n2)cc1. The summed E-state index contributed by atoms with van der Waals surface area (Å²) in [6.07, 6.45) is 0. The molecule has 134 valence electrons. The third-order valence-corrected chi connectivity index (χ3v) is 4.20. The minimum Gasteiger partial charge on any atom is -0.324 e. The monoisotopic (exact) mass is 358 g/mol. The number of hydrogen-bond donors (Lipinski definition) is 1. The van der Waals surface area contributed by atoms with Crippen LogP contribution in [0.1, 0.15) is 24.1 Å². The van der Waals surface area contributed by atoms with Crippen LogP contribution in [-0.2, 0) is 4.79 Å². The molecule has 0 aliphatic carbocycles. The van der Waals surface area contributed by atoms with E-state index < -0.39 is 6.04 Å². The highest BCUT2D eigenvalue weighted by Gasteiger charge is 2.18. The van der Waals surface area contributed by atoms with Gasteiger partial charge in [0.05, 0.1) is 17.3 Å². The van der Waals surface area contributed by atoms with Gasteiger partial charge in [-0.3, -0.25) is 9.59 Å². The molecule has 27 heavy (non-hydrogen) atoms. The maximum atomic E-state index is 12.5. The van der Waals surface area contributed by atoms with Crippen molar-refractivity contribution >= 4 is 11.6 Å². The molecule has 0 bridgehead atoms. The topological polar surface area (TPSA) is 87.8 Å². The molecule has 0 saturated carbocycles. The molecule has 1 N–H and O–H groups in total. The minimum atomic E-state index is -0.793. The molecule has 0 saturated heterocycles. The van der Waals surface area contributed by atoms with Gasteiger partial charge in [0.15, 0.2) is 0 Å². The van der Waals surface area contributed by atoms with Crippen LogP contribution in [0.15, 0.2) is 65.5 Å². The third kappa shape index (κ3) is 4.10. The van der Waals surface area contributed by atoms with Gasteiger partial charge in [0, 0.05) is 17.3 Å². The number of hydrogen-bond acceptors (Lipinski definition) is 4. The Hall–Kier alpha value is -3.72. The first-order valence-corrected chi connectivity index (χ1v) is 8.46. The summed E-state index contributed by atoms with van der Waals surface area (Å²) in [5.41, 5.74) is 3.32. The predicted octanol–water partition coefficient (Wildman–Crippen LogP) is 3.29. The van der Waals surface area contributed by atoms with Crippen LogP contribution < -0.4 is 10.9 Å². The second kappa shape index (κ2) is 7.67. The van der Waals surface area contributed by atoms with Gasteiger partial charge >= 0.3 is 0 Å². The quantitative estimate of drug-likeness (QED) is 0.775. The van der Waals surface area contributed by atoms with Gasteiger partial charge in [-0.1, -0.05) is 29.8 Å². The van der Waals surface area contributed by atoms with Crippen molar-refractivity contribution in [2.24, 2.45) is 0 Å². The summed E-state index contributed by atoms with van der Waals surface area (Å²) >= 11 is 0. The number of rotatable bonds is 4. The standard InChI is InChI=1S/C21H18N4O2/c1-14-3-7-17(8-4-14)19-11-12-20(26)25(24-19)15(2)21(27)23-18-9-5-16(13-22)6-10-18/h3-12,15H,1-2H3,(H,23,27). The normalized spacial score (nSPS) is 11.4. The van der Waals surface area contributed by atoms with E-state index in [1.54, 1.807) is 37.3 Å². The summed E-state index contributed by atoms with van der Waals surface area (Å²) in [6, 6.07) is 18.6. The molecule has 6 nitrogen and oxygen atoms in total. The Bertz CT molecular complexity index is 1060. The Labute approximate surface area is 156 Å². The average molecular weight is 358 g/mol. The molecule has 3 rings (SSSR count). The molecule has 0 aliphatic heterocycles. The Kier molecular flexibility index (Phi) is 5.13. The summed E-state index contributed by atoms with van der Waals surface area (Å²) < 4.78 is 1.17. The van der Waals surface area contributed by atoms with Crippen molar-refractivity contribution in [3.8, 4) is 17.3 Å². The number of nitrogens with one attached hydrogen (secondary N) is 1. The second-order valence-corrected chi connectivity index (χ2v) is 6.22. The lowest BCUT2D eigenvalue weighted by atomic mass is 10.1. The van der Waals surface area contributed by atoms with E-state index in [0.29, 0.717) is 16.9 Å². The molecule has 1 aromatic heterocycles. The van der Waals surface area contributed by atoms with Crippen molar-refractivity contribution in [2.45, 2.75) is 19.9 Å². The van der Waals surface area contributed by atoms with Crippen molar-refractivity contribution in [1.82, 2.24) is 9.78 Å². The van der Waals surface area contributed by atoms with Crippen molar-refractivity contribution < 1.29 is 4.79 Å². The van der Waals surface area contributed by atoms with E-state index in [1.165, 1.54) is 10.7 Å². The molecule has 1 amide bonds. The molecule has 0 fully saturated rings. The zero-order valence-electron chi connectivity index (χ0n) is 15.0. The molecule has 2 aromatic carbocycles. The largest absolute Gasteiger partial charge is 0.324 e. The van der Waals surface area contributed by atoms with Gasteiger partial charge in [-0.2, -0.15) is 10.4 Å². The number of carbonyl (C=O) groups excluding carboxylic acids is 1. The fourth-order valence-electron chi connectivity index (χ4n) is 2.57. The first kappa shape index (κ1) is 18.1. The second-order valence-electron chi connectivity index (χ2n) is 6.22. The Morgan fingerprint density at radius 2 is 1.74 bits per heavy atom. The average Bonchev–Trinajstić information content (AvgIpc) is 2.69. The van der Waals surface area contributed by atoms with Crippen LogP contribution in [0.5, 0.6) is 0 Å². The maximum absolute atomic E-state index is 12.5. The first-order chi connectivity index (χ1) is 13.0. The van der Waals surface area contributed by atoms with Gasteiger partial charge < -0.3 is 5.32 Å². The van der Waals surface area contributed by atoms with Crippen LogP contribution in [-0.4, -0.2) is 15.7 Å². The van der Waals surface area contributed by atoms with Gasteiger partial charge in [0.1, 0.15) is 6.04 Å². The van der Waals surface area contributed by atoms with Crippen LogP contribution in [0.4, 0.5) is 5.69 Å². The molecular formula is C21H18N4O2. The fourth-order valence-corrected chi connectivity index (χ4v) is 2.57. The zero-order valence-corrected chi connectivity index (χ0v) is 15.0. The van der Waals surface area contributed by atoms with Crippen LogP contribution in [0, 0.1) is 18.3 Å². The van der Waals surface area contributed by atoms with Crippen LogP contribution in [0.2, 0.25) is 0 Å². The number of anilines is 1. The van der Waals surface area contributed by atoms with Crippen molar-refractivity contribution in [3.05, 3.63) is 82.1 Å². The number of aromatic nitrogens is 2. The zero-order chi connectivity index (χ0) is 19.4. The van der Waals surface area contributed by atoms with Crippen molar-refractivity contribution in [1.29, 1.82) is 5.26 Å². The lowest BCUT2D eigenvalue weighted by Gasteiger charge is -2.15. The van der Waals surface area contributed by atoms with E-state index in [4.69, 9.17) is 5.26 Å². The smallest absolute Gasteiger partial charge is 0.267 e. The third-order valence-electron chi connectivity index (χ3n) is 4.20. The van der Waals surface area contributed by atoms with E-state index in [9.17, 15) is 9.59 Å². The Balaban J connectivity index is 1.84. The maximum Gasteiger partial charge on any atom is 0.267 e. The van der Waals surface area contributed by atoms with Crippen LogP contribution >= 0.6 is 0 Å². The van der Waals surface area contributed by atoms with Gasteiger partial charge in [0.2, 0.25) is 5.91 Å². The lowest BCUT2D eigenvalue weighted by Crippen LogP contribution is -2.33. The van der Waals surface area contributed by atoms with Gasteiger partial charge in [-0.25, -0.2) is 4.68 Å². The molecule has 6 heteroatoms. The van der Waals surface area contributed by atoms with Crippen molar-refractivity contribution in [3.63, 3.8) is 0 Å². The Morgan fingerprint density at radius 3 is 2.37 bits per heavy atom. The molecule has 0 spiro atoms. The van der Waals surface area contributed by atoms with Crippen LogP contribution in [0.3, 0.4) is 0 Å². The summed E-state index contributed by atoms with van der Waals surface area (Å²) in [6.45, 7) is 3.61. The number of amides is 1. The summed E-state index contributed by atoms with van der Waals surface area (Å²) in [5.74, 6) is -0.365. The number of nitriles is 1. The molecular weight excluding hydrogens is 340 g/mol. The van der Waals surface area contributed by atoms with Gasteiger partial charge in [-0.15, -0.1) is 0 Å². The molecule has 1 heterocycles. The number of benzene rings is 2. The van der Waals surface area contributed by atoms with Gasteiger partial charge in [-0.05, 0) is 44.2 Å². The van der Waals surface area contributed by atoms with E-state index >= 15 is 0 Å². The molecule has 0 aliphatic rings. The highest BCUT2D eigenvalue weighted by molar-refractivity contribution is 5.93. The minimum absolute atomic E-state index is 0.353. The number of carbonyl (C=O) groups is 1. The van der Waals surface area contributed by atoms with Crippen molar-refractivity contribution in [2.75, 3.05) is 5.32 Å². The molecule has 1 atom stereocenters. The molecule has 3 aromatic rings. The Morgan fingerprint density at radius 1 is 1.07 bits per heavy atom. The summed E-state index contributed by atoms with van der Waals surface area (Å²) in [4.78, 5) is 24.8. The number of aryl methyl sites for hydroxylation is 1. The van der Waals surface area contributed by atoms with E-state index in [1.807, 2.05) is 37.3 Å². The lowest BCUT2D eigenvalue weighted by molar-refractivity contribution is -0.119.